The van der Waals surface area contributed by atoms with Gasteiger partial charge in [-0.2, -0.15) is 0 Å². The van der Waals surface area contributed by atoms with Gasteiger partial charge in [0.2, 0.25) is 5.91 Å². The summed E-state index contributed by atoms with van der Waals surface area (Å²) in [5.74, 6) is -0.0875. The van der Waals surface area contributed by atoms with Crippen molar-refractivity contribution in [3.8, 4) is 0 Å². The summed E-state index contributed by atoms with van der Waals surface area (Å²) in [5, 5.41) is 17.0. The molecule has 30 heavy (non-hydrogen) atoms. The highest BCUT2D eigenvalue weighted by atomic mass is 35.5. The molecule has 0 spiro atoms. The minimum Gasteiger partial charge on any atom is -0.360 e. The van der Waals surface area contributed by atoms with Crippen LogP contribution in [0.4, 0.5) is 17.2 Å². The molecular formula is C18H15ClN4O6S. The first kappa shape index (κ1) is 21.3. The van der Waals surface area contributed by atoms with Crippen LogP contribution in [0.15, 0.2) is 64.0 Å². The van der Waals surface area contributed by atoms with E-state index in [1.165, 1.54) is 18.2 Å². The molecule has 0 radical (unpaired) electrons. The fourth-order valence-electron chi connectivity index (χ4n) is 2.57. The molecule has 0 unspecified atom stereocenters. The van der Waals surface area contributed by atoms with Crippen molar-refractivity contribution in [3.63, 3.8) is 0 Å². The summed E-state index contributed by atoms with van der Waals surface area (Å²) >= 11 is 5.78. The third kappa shape index (κ3) is 4.58. The Bertz CT molecular complexity index is 1200. The van der Waals surface area contributed by atoms with Crippen LogP contribution in [0.25, 0.3) is 0 Å². The van der Waals surface area contributed by atoms with Crippen molar-refractivity contribution in [2.45, 2.75) is 11.8 Å². The Balaban J connectivity index is 1.98. The summed E-state index contributed by atoms with van der Waals surface area (Å²) in [6, 6.07) is 12.5. The molecule has 0 atom stereocenters. The van der Waals surface area contributed by atoms with Crippen molar-refractivity contribution >= 4 is 44.7 Å². The molecule has 12 heteroatoms. The average Bonchev–Trinajstić information content (AvgIpc) is 3.11. The first-order valence-electron chi connectivity index (χ1n) is 8.43. The predicted molar refractivity (Wildman–Crippen MR) is 109 cm³/mol. The number of halogens is 1. The van der Waals surface area contributed by atoms with Gasteiger partial charge in [-0.3, -0.25) is 19.2 Å². The van der Waals surface area contributed by atoms with Crippen molar-refractivity contribution in [1.82, 2.24) is 5.16 Å². The lowest BCUT2D eigenvalue weighted by Gasteiger charge is -2.23. The molecule has 0 saturated carbocycles. The Hall–Kier alpha value is -3.44. The SMILES string of the molecule is Cc1cc(NC(=O)CN(c2ccccc2)S(=O)(=O)c2ccc(Cl)c([N+](=O)[O-])c2)no1. The number of carbonyl (C=O) groups is 1. The van der Waals surface area contributed by atoms with Crippen LogP contribution < -0.4 is 9.62 Å². The molecule has 1 heterocycles. The number of amides is 1. The number of nitro groups is 1. The Morgan fingerprint density at radius 2 is 1.93 bits per heavy atom. The Kier molecular flexibility index (Phi) is 6.04. The molecule has 0 aliphatic heterocycles. The minimum absolute atomic E-state index is 0.130. The Morgan fingerprint density at radius 1 is 1.23 bits per heavy atom. The number of carbonyl (C=O) groups excluding carboxylic acids is 1. The number of nitrogens with one attached hydrogen (secondary N) is 1. The summed E-state index contributed by atoms with van der Waals surface area (Å²) in [7, 11) is -4.34. The van der Waals surface area contributed by atoms with E-state index in [0.29, 0.717) is 5.76 Å². The third-order valence-corrected chi connectivity index (χ3v) is 6.02. The maximum Gasteiger partial charge on any atom is 0.289 e. The van der Waals surface area contributed by atoms with Gasteiger partial charge in [0, 0.05) is 12.1 Å². The second-order valence-electron chi connectivity index (χ2n) is 6.09. The number of nitro benzene ring substituents is 1. The topological polar surface area (TPSA) is 136 Å². The van der Waals surface area contributed by atoms with E-state index in [0.717, 1.165) is 22.5 Å². The molecule has 0 fully saturated rings. The van der Waals surface area contributed by atoms with Crippen LogP contribution in [0.3, 0.4) is 0 Å². The van der Waals surface area contributed by atoms with Crippen molar-refractivity contribution in [1.29, 1.82) is 0 Å². The Morgan fingerprint density at radius 3 is 2.53 bits per heavy atom. The third-order valence-electron chi connectivity index (χ3n) is 3.93. The molecule has 1 aromatic heterocycles. The van der Waals surface area contributed by atoms with Gasteiger partial charge in [-0.05, 0) is 31.2 Å². The van der Waals surface area contributed by atoms with Gasteiger partial charge in [-0.15, -0.1) is 0 Å². The van der Waals surface area contributed by atoms with Crippen LogP contribution in [-0.2, 0) is 14.8 Å². The van der Waals surface area contributed by atoms with Gasteiger partial charge in [-0.25, -0.2) is 8.42 Å². The number of anilines is 2. The first-order chi connectivity index (χ1) is 14.2. The van der Waals surface area contributed by atoms with Gasteiger partial charge in [0.25, 0.3) is 15.7 Å². The van der Waals surface area contributed by atoms with E-state index >= 15 is 0 Å². The normalized spacial score (nSPS) is 11.1. The zero-order chi connectivity index (χ0) is 21.9. The highest BCUT2D eigenvalue weighted by Gasteiger charge is 2.29. The van der Waals surface area contributed by atoms with E-state index in [1.807, 2.05) is 0 Å². The molecular weight excluding hydrogens is 436 g/mol. The molecule has 0 saturated heterocycles. The van der Waals surface area contributed by atoms with Crippen LogP contribution in [0.5, 0.6) is 0 Å². The second-order valence-corrected chi connectivity index (χ2v) is 8.36. The smallest absolute Gasteiger partial charge is 0.289 e. The van der Waals surface area contributed by atoms with E-state index < -0.39 is 33.1 Å². The van der Waals surface area contributed by atoms with Gasteiger partial charge in [0.05, 0.1) is 15.5 Å². The highest BCUT2D eigenvalue weighted by molar-refractivity contribution is 7.92. The quantitative estimate of drug-likeness (QED) is 0.430. The van der Waals surface area contributed by atoms with E-state index in [4.69, 9.17) is 16.1 Å². The fraction of sp³-hybridized carbons (Fsp3) is 0.111. The molecule has 156 valence electrons. The number of nitrogens with zero attached hydrogens (tertiary/aromatic N) is 3. The summed E-state index contributed by atoms with van der Waals surface area (Å²) < 4.78 is 32.2. The molecule has 3 aromatic rings. The van der Waals surface area contributed by atoms with E-state index in [-0.39, 0.29) is 21.4 Å². The standard InChI is InChI=1S/C18H15ClN4O6S/c1-12-9-17(21-29-12)20-18(24)11-22(13-5-3-2-4-6-13)30(27,28)14-7-8-15(19)16(10-14)23(25)26/h2-10H,11H2,1H3,(H,20,21,24). The number of sulfonamides is 1. The van der Waals surface area contributed by atoms with Crippen LogP contribution in [-0.4, -0.2) is 30.9 Å². The molecule has 1 N–H and O–H groups in total. The van der Waals surface area contributed by atoms with Crippen molar-refractivity contribution in [3.05, 3.63) is 75.5 Å². The van der Waals surface area contributed by atoms with E-state index in [2.05, 4.69) is 10.5 Å². The fourth-order valence-corrected chi connectivity index (χ4v) is 4.20. The summed E-state index contributed by atoms with van der Waals surface area (Å²) in [6.45, 7) is 1.03. The zero-order valence-corrected chi connectivity index (χ0v) is 17.1. The molecule has 2 aromatic carbocycles. The average molecular weight is 451 g/mol. The van der Waals surface area contributed by atoms with Gasteiger partial charge >= 0.3 is 0 Å². The van der Waals surface area contributed by atoms with Crippen LogP contribution in [0.2, 0.25) is 5.02 Å². The van der Waals surface area contributed by atoms with Gasteiger partial charge in [0.1, 0.15) is 17.3 Å². The molecule has 0 bridgehead atoms. The van der Waals surface area contributed by atoms with Crippen LogP contribution in [0.1, 0.15) is 5.76 Å². The number of aromatic nitrogens is 1. The monoisotopic (exact) mass is 450 g/mol. The lowest BCUT2D eigenvalue weighted by Crippen LogP contribution is -2.38. The first-order valence-corrected chi connectivity index (χ1v) is 10.2. The lowest BCUT2D eigenvalue weighted by atomic mass is 10.3. The number of hydrogen-bond acceptors (Lipinski definition) is 7. The Labute approximate surface area is 176 Å². The molecule has 3 rings (SSSR count). The highest BCUT2D eigenvalue weighted by Crippen LogP contribution is 2.30. The number of benzene rings is 2. The molecule has 0 aliphatic rings. The maximum atomic E-state index is 13.3. The molecule has 1 amide bonds. The maximum absolute atomic E-state index is 13.3. The van der Waals surface area contributed by atoms with Crippen LogP contribution in [0, 0.1) is 17.0 Å². The lowest BCUT2D eigenvalue weighted by molar-refractivity contribution is -0.384. The predicted octanol–water partition coefficient (Wildman–Crippen LogP) is 3.38. The van der Waals surface area contributed by atoms with Gasteiger partial charge in [0.15, 0.2) is 5.82 Å². The number of para-hydroxylation sites is 1. The van der Waals surface area contributed by atoms with Gasteiger partial charge in [-0.1, -0.05) is 35.0 Å². The van der Waals surface area contributed by atoms with Gasteiger partial charge < -0.3 is 9.84 Å². The summed E-state index contributed by atoms with van der Waals surface area (Å²) in [6.07, 6.45) is 0. The van der Waals surface area contributed by atoms with Crippen molar-refractivity contribution in [2.24, 2.45) is 0 Å². The number of rotatable bonds is 7. The molecule has 10 nitrogen and oxygen atoms in total. The van der Waals surface area contributed by atoms with Crippen LogP contribution >= 0.6 is 11.6 Å². The van der Waals surface area contributed by atoms with E-state index in [9.17, 15) is 23.3 Å². The molecule has 0 aliphatic carbocycles. The second kappa shape index (κ2) is 8.51. The van der Waals surface area contributed by atoms with Crippen molar-refractivity contribution in [2.75, 3.05) is 16.2 Å². The zero-order valence-electron chi connectivity index (χ0n) is 15.5. The number of aryl methyl sites for hydroxylation is 1. The minimum atomic E-state index is -4.34. The summed E-state index contributed by atoms with van der Waals surface area (Å²) in [5.41, 5.74) is -0.366. The van der Waals surface area contributed by atoms with E-state index in [1.54, 1.807) is 25.1 Å². The largest absolute Gasteiger partial charge is 0.360 e. The summed E-state index contributed by atoms with van der Waals surface area (Å²) in [4.78, 5) is 22.5. The number of hydrogen-bond donors (Lipinski definition) is 1. The van der Waals surface area contributed by atoms with Crippen molar-refractivity contribution < 1.29 is 22.7 Å².